The standard InChI is InChI=1S/C27H38O/c1-3-5-6-9-12-24-15-17-25(18-16-24)13-10-7-8-11-14-26-19-21-27(22-20-26)28-23-4-2/h10-11,13-14,19-22,24-25H,3-6,9,12,15-18,23H2,1-2H3/t24-,25-. The van der Waals surface area contributed by atoms with Crippen LogP contribution in [-0.4, -0.2) is 6.61 Å². The molecule has 1 aromatic carbocycles. The van der Waals surface area contributed by atoms with Crippen molar-refractivity contribution in [2.45, 2.75) is 78.1 Å². The van der Waals surface area contributed by atoms with Crippen molar-refractivity contribution in [1.29, 1.82) is 0 Å². The van der Waals surface area contributed by atoms with Crippen molar-refractivity contribution in [3.8, 4) is 17.6 Å². The molecule has 0 saturated heterocycles. The molecule has 0 bridgehead atoms. The summed E-state index contributed by atoms with van der Waals surface area (Å²) in [7, 11) is 0. The summed E-state index contributed by atoms with van der Waals surface area (Å²) in [4.78, 5) is 0. The molecule has 0 unspecified atom stereocenters. The molecule has 28 heavy (non-hydrogen) atoms. The van der Waals surface area contributed by atoms with E-state index in [0.29, 0.717) is 0 Å². The highest BCUT2D eigenvalue weighted by Crippen LogP contribution is 2.32. The fourth-order valence-electron chi connectivity index (χ4n) is 3.84. The lowest BCUT2D eigenvalue weighted by atomic mass is 9.79. The molecule has 0 aromatic heterocycles. The van der Waals surface area contributed by atoms with Gasteiger partial charge in [0.2, 0.25) is 0 Å². The Morgan fingerprint density at radius 3 is 2.36 bits per heavy atom. The Kier molecular flexibility index (Phi) is 11.3. The number of rotatable bonds is 10. The summed E-state index contributed by atoms with van der Waals surface area (Å²) in [5.74, 6) is 8.93. The number of unbranched alkanes of at least 4 members (excludes halogenated alkanes) is 3. The van der Waals surface area contributed by atoms with E-state index in [2.05, 4.69) is 50.0 Å². The Bertz CT molecular complexity index is 633. The molecular weight excluding hydrogens is 340 g/mol. The molecule has 0 heterocycles. The van der Waals surface area contributed by atoms with E-state index in [1.165, 1.54) is 57.8 Å². The molecule has 1 fully saturated rings. The second kappa shape index (κ2) is 14.1. The molecular formula is C27H38O. The molecule has 0 amide bonds. The van der Waals surface area contributed by atoms with E-state index < -0.39 is 0 Å². The predicted molar refractivity (Wildman–Crippen MR) is 122 cm³/mol. The summed E-state index contributed by atoms with van der Waals surface area (Å²) in [5.41, 5.74) is 1.15. The molecule has 1 aliphatic carbocycles. The van der Waals surface area contributed by atoms with Crippen LogP contribution in [0.1, 0.15) is 83.6 Å². The smallest absolute Gasteiger partial charge is 0.119 e. The SMILES string of the molecule is CCCCCC[C@H]1CC[C@H](C=CC#CC=Cc2ccc(OCCC)cc2)CC1. The monoisotopic (exact) mass is 378 g/mol. The van der Waals surface area contributed by atoms with Crippen LogP contribution in [0.4, 0.5) is 0 Å². The van der Waals surface area contributed by atoms with Crippen LogP contribution in [0.3, 0.4) is 0 Å². The van der Waals surface area contributed by atoms with Gasteiger partial charge in [0.25, 0.3) is 0 Å². The van der Waals surface area contributed by atoms with Gasteiger partial charge in [0, 0.05) is 0 Å². The van der Waals surface area contributed by atoms with Gasteiger partial charge in [-0.15, -0.1) is 0 Å². The average molecular weight is 379 g/mol. The minimum atomic E-state index is 0.737. The second-order valence-corrected chi connectivity index (χ2v) is 8.03. The summed E-state index contributed by atoms with van der Waals surface area (Å²) in [6.07, 6.45) is 22.0. The van der Waals surface area contributed by atoms with Gasteiger partial charge in [-0.05, 0) is 79.9 Å². The van der Waals surface area contributed by atoms with Gasteiger partial charge in [0.15, 0.2) is 0 Å². The van der Waals surface area contributed by atoms with Gasteiger partial charge in [-0.25, -0.2) is 0 Å². The Balaban J connectivity index is 1.64. The van der Waals surface area contributed by atoms with Gasteiger partial charge in [-0.1, -0.05) is 76.0 Å². The van der Waals surface area contributed by atoms with E-state index in [9.17, 15) is 0 Å². The Morgan fingerprint density at radius 1 is 0.893 bits per heavy atom. The number of hydrogen-bond donors (Lipinski definition) is 0. The Morgan fingerprint density at radius 2 is 1.64 bits per heavy atom. The highest BCUT2D eigenvalue weighted by Gasteiger charge is 2.18. The highest BCUT2D eigenvalue weighted by molar-refractivity contribution is 5.54. The average Bonchev–Trinajstić information content (AvgIpc) is 2.74. The second-order valence-electron chi connectivity index (χ2n) is 8.03. The predicted octanol–water partition coefficient (Wildman–Crippen LogP) is 7.83. The third-order valence-corrected chi connectivity index (χ3v) is 5.60. The van der Waals surface area contributed by atoms with Gasteiger partial charge in [-0.2, -0.15) is 0 Å². The maximum absolute atomic E-state index is 5.60. The molecule has 1 nitrogen and oxygen atoms in total. The molecule has 0 radical (unpaired) electrons. The first-order chi connectivity index (χ1) is 13.8. The Hall–Kier alpha value is -1.94. The molecule has 1 heteroatoms. The summed E-state index contributed by atoms with van der Waals surface area (Å²) in [6.45, 7) is 5.18. The molecule has 1 aromatic rings. The van der Waals surface area contributed by atoms with Crippen molar-refractivity contribution >= 4 is 6.08 Å². The summed E-state index contributed by atoms with van der Waals surface area (Å²) in [5, 5.41) is 0. The maximum Gasteiger partial charge on any atom is 0.119 e. The van der Waals surface area contributed by atoms with Gasteiger partial charge in [0.1, 0.15) is 5.75 Å². The van der Waals surface area contributed by atoms with Crippen molar-refractivity contribution < 1.29 is 4.74 Å². The van der Waals surface area contributed by atoms with Crippen molar-refractivity contribution in [2.24, 2.45) is 11.8 Å². The zero-order valence-corrected chi connectivity index (χ0v) is 18.0. The normalized spacial score (nSPS) is 19.6. The van der Waals surface area contributed by atoms with Crippen LogP contribution in [-0.2, 0) is 0 Å². The molecule has 1 saturated carbocycles. The molecule has 2 rings (SSSR count). The largest absolute Gasteiger partial charge is 0.494 e. The number of ether oxygens (including phenoxy) is 1. The first-order valence-corrected chi connectivity index (χ1v) is 11.4. The minimum absolute atomic E-state index is 0.737. The van der Waals surface area contributed by atoms with Crippen molar-refractivity contribution in [2.75, 3.05) is 6.61 Å². The summed E-state index contributed by atoms with van der Waals surface area (Å²) >= 11 is 0. The minimum Gasteiger partial charge on any atom is -0.494 e. The van der Waals surface area contributed by atoms with Crippen molar-refractivity contribution in [3.63, 3.8) is 0 Å². The molecule has 0 aliphatic heterocycles. The van der Waals surface area contributed by atoms with E-state index in [4.69, 9.17) is 4.74 Å². The van der Waals surface area contributed by atoms with E-state index in [0.717, 1.165) is 36.2 Å². The number of benzene rings is 1. The van der Waals surface area contributed by atoms with Gasteiger partial charge in [-0.3, -0.25) is 0 Å². The highest BCUT2D eigenvalue weighted by atomic mass is 16.5. The molecule has 0 N–H and O–H groups in total. The van der Waals surface area contributed by atoms with Crippen LogP contribution in [0, 0.1) is 23.7 Å². The first-order valence-electron chi connectivity index (χ1n) is 11.4. The quantitative estimate of drug-likeness (QED) is 0.298. The van der Waals surface area contributed by atoms with Gasteiger partial charge < -0.3 is 4.74 Å². The van der Waals surface area contributed by atoms with Crippen LogP contribution in [0.2, 0.25) is 0 Å². The van der Waals surface area contributed by atoms with Gasteiger partial charge >= 0.3 is 0 Å². The molecule has 0 atom stereocenters. The van der Waals surface area contributed by atoms with Crippen molar-refractivity contribution in [1.82, 2.24) is 0 Å². The molecule has 0 spiro atoms. The zero-order valence-electron chi connectivity index (χ0n) is 18.0. The summed E-state index contributed by atoms with van der Waals surface area (Å²) in [6, 6.07) is 8.17. The first kappa shape index (κ1) is 22.4. The third kappa shape index (κ3) is 9.32. The van der Waals surface area contributed by atoms with Gasteiger partial charge in [0.05, 0.1) is 6.61 Å². The van der Waals surface area contributed by atoms with Crippen molar-refractivity contribution in [3.05, 3.63) is 48.1 Å². The van der Waals surface area contributed by atoms with E-state index in [-0.39, 0.29) is 0 Å². The molecule has 152 valence electrons. The van der Waals surface area contributed by atoms with E-state index >= 15 is 0 Å². The maximum atomic E-state index is 5.60. The van der Waals surface area contributed by atoms with Crippen LogP contribution in [0.25, 0.3) is 6.08 Å². The Labute approximate surface area is 173 Å². The zero-order chi connectivity index (χ0) is 19.9. The van der Waals surface area contributed by atoms with Crippen LogP contribution in [0.5, 0.6) is 5.75 Å². The van der Waals surface area contributed by atoms with Crippen LogP contribution < -0.4 is 4.74 Å². The lowest BCUT2D eigenvalue weighted by molar-refractivity contribution is 0.289. The summed E-state index contributed by atoms with van der Waals surface area (Å²) < 4.78 is 5.60. The lowest BCUT2D eigenvalue weighted by Crippen LogP contribution is -2.12. The number of hydrogen-bond acceptors (Lipinski definition) is 1. The fourth-order valence-corrected chi connectivity index (χ4v) is 3.84. The molecule has 1 aliphatic rings. The number of allylic oxidation sites excluding steroid dienone is 3. The topological polar surface area (TPSA) is 9.23 Å². The van der Waals surface area contributed by atoms with Crippen LogP contribution in [0.15, 0.2) is 42.5 Å². The van der Waals surface area contributed by atoms with E-state index in [1.807, 2.05) is 24.3 Å². The van der Waals surface area contributed by atoms with Crippen LogP contribution >= 0.6 is 0 Å². The third-order valence-electron chi connectivity index (χ3n) is 5.60. The lowest BCUT2D eigenvalue weighted by Gasteiger charge is -2.26. The van der Waals surface area contributed by atoms with E-state index in [1.54, 1.807) is 0 Å². The fraction of sp³-hybridized carbons (Fsp3) is 0.556.